The number of hydrogen-bond donors (Lipinski definition) is 1. The predicted molar refractivity (Wildman–Crippen MR) is 87.1 cm³/mol. The van der Waals surface area contributed by atoms with Gasteiger partial charge in [-0.15, -0.1) is 0 Å². The highest BCUT2D eigenvalue weighted by Crippen LogP contribution is 2.28. The fraction of sp³-hybridized carbons (Fsp3) is 0.294. The molecule has 1 heterocycles. The molecule has 1 amide bonds. The number of hydrogen-bond acceptors (Lipinski definition) is 4. The zero-order chi connectivity index (χ0) is 19.3. The van der Waals surface area contributed by atoms with Crippen molar-refractivity contribution in [3.63, 3.8) is 0 Å². The molecule has 0 aliphatic rings. The molecule has 0 saturated carbocycles. The van der Waals surface area contributed by atoms with Gasteiger partial charge in [-0.05, 0) is 18.2 Å². The lowest BCUT2D eigenvalue weighted by Crippen LogP contribution is -2.32. The van der Waals surface area contributed by atoms with Gasteiger partial charge in [0.05, 0.1) is 19.8 Å². The van der Waals surface area contributed by atoms with E-state index in [9.17, 15) is 22.8 Å². The van der Waals surface area contributed by atoms with Gasteiger partial charge in [0.25, 0.3) is 5.56 Å². The quantitative estimate of drug-likeness (QED) is 0.847. The molecule has 9 heteroatoms. The Morgan fingerprint density at radius 1 is 1.15 bits per heavy atom. The number of pyridine rings is 1. The minimum Gasteiger partial charge on any atom is -0.497 e. The molecule has 2 rings (SSSR count). The topological polar surface area (TPSA) is 69.6 Å². The third-order valence-electron chi connectivity index (χ3n) is 3.59. The number of ether oxygens (including phenoxy) is 2. The van der Waals surface area contributed by atoms with Gasteiger partial charge in [-0.3, -0.25) is 9.59 Å². The fourth-order valence-electron chi connectivity index (χ4n) is 2.22. The molecule has 0 aliphatic heterocycles. The van der Waals surface area contributed by atoms with Gasteiger partial charge in [0, 0.05) is 30.4 Å². The predicted octanol–water partition coefficient (Wildman–Crippen LogP) is 2.20. The molecule has 0 fully saturated rings. The number of halogens is 3. The molecule has 0 saturated heterocycles. The highest BCUT2D eigenvalue weighted by Gasteiger charge is 2.31. The molecule has 0 unspecified atom stereocenters. The summed E-state index contributed by atoms with van der Waals surface area (Å²) >= 11 is 0. The summed E-state index contributed by atoms with van der Waals surface area (Å²) < 4.78 is 49.1. The van der Waals surface area contributed by atoms with E-state index >= 15 is 0 Å². The number of carbonyl (C=O) groups is 1. The maximum Gasteiger partial charge on any atom is 0.417 e. The van der Waals surface area contributed by atoms with Crippen molar-refractivity contribution in [1.29, 1.82) is 0 Å². The third-order valence-corrected chi connectivity index (χ3v) is 3.59. The second-order valence-electron chi connectivity index (χ2n) is 5.34. The summed E-state index contributed by atoms with van der Waals surface area (Å²) in [5.41, 5.74) is -1.05. The number of nitrogens with one attached hydrogen (secondary N) is 1. The van der Waals surface area contributed by atoms with Crippen LogP contribution in [-0.2, 0) is 24.1 Å². The van der Waals surface area contributed by atoms with Crippen LogP contribution >= 0.6 is 0 Å². The molecule has 0 atom stereocenters. The lowest BCUT2D eigenvalue weighted by Gasteiger charge is -2.13. The summed E-state index contributed by atoms with van der Waals surface area (Å²) in [4.78, 5) is 23.7. The van der Waals surface area contributed by atoms with E-state index in [0.29, 0.717) is 33.9 Å². The van der Waals surface area contributed by atoms with Crippen LogP contribution in [0.3, 0.4) is 0 Å². The molecule has 0 aliphatic carbocycles. The molecule has 0 radical (unpaired) electrons. The van der Waals surface area contributed by atoms with E-state index in [1.54, 1.807) is 18.2 Å². The van der Waals surface area contributed by atoms with Crippen LogP contribution in [0.25, 0.3) is 0 Å². The van der Waals surface area contributed by atoms with Crippen LogP contribution in [0.5, 0.6) is 11.5 Å². The van der Waals surface area contributed by atoms with Crippen molar-refractivity contribution in [3.8, 4) is 11.5 Å². The number of benzene rings is 1. The van der Waals surface area contributed by atoms with E-state index in [-0.39, 0.29) is 6.54 Å². The summed E-state index contributed by atoms with van der Waals surface area (Å²) in [5, 5.41) is 2.54. The van der Waals surface area contributed by atoms with Crippen molar-refractivity contribution in [2.75, 3.05) is 14.2 Å². The van der Waals surface area contributed by atoms with E-state index in [0.717, 1.165) is 6.07 Å². The standard InChI is InChI=1S/C17H17F3N2O4/c1-25-13-5-3-11(14(7-13)26-2)8-21-15(23)10-22-9-12(17(18,19)20)4-6-16(22)24/h3-7,9H,8,10H2,1-2H3,(H,21,23). The van der Waals surface area contributed by atoms with Gasteiger partial charge in [-0.25, -0.2) is 0 Å². The number of nitrogens with zero attached hydrogens (tertiary/aromatic N) is 1. The molecule has 1 aromatic heterocycles. The minimum atomic E-state index is -4.59. The Bertz CT molecular complexity index is 847. The van der Waals surface area contributed by atoms with Crippen molar-refractivity contribution >= 4 is 5.91 Å². The summed E-state index contributed by atoms with van der Waals surface area (Å²) in [6, 6.07) is 6.47. The summed E-state index contributed by atoms with van der Waals surface area (Å²) in [6.07, 6.45) is -3.97. The molecule has 1 aromatic carbocycles. The zero-order valence-corrected chi connectivity index (χ0v) is 14.1. The van der Waals surface area contributed by atoms with E-state index in [4.69, 9.17) is 9.47 Å². The smallest absolute Gasteiger partial charge is 0.417 e. The van der Waals surface area contributed by atoms with Crippen LogP contribution in [0, 0.1) is 0 Å². The van der Waals surface area contributed by atoms with Crippen LogP contribution in [0.2, 0.25) is 0 Å². The van der Waals surface area contributed by atoms with Crippen LogP contribution in [-0.4, -0.2) is 24.7 Å². The largest absolute Gasteiger partial charge is 0.497 e. The minimum absolute atomic E-state index is 0.0830. The monoisotopic (exact) mass is 370 g/mol. The van der Waals surface area contributed by atoms with Crippen molar-refractivity contribution in [2.24, 2.45) is 0 Å². The van der Waals surface area contributed by atoms with E-state index < -0.39 is 29.8 Å². The van der Waals surface area contributed by atoms with Crippen molar-refractivity contribution < 1.29 is 27.4 Å². The van der Waals surface area contributed by atoms with Gasteiger partial charge in [0.1, 0.15) is 18.0 Å². The Morgan fingerprint density at radius 3 is 2.50 bits per heavy atom. The van der Waals surface area contributed by atoms with Crippen LogP contribution < -0.4 is 20.3 Å². The number of rotatable bonds is 6. The number of aromatic nitrogens is 1. The Morgan fingerprint density at radius 2 is 1.88 bits per heavy atom. The molecule has 2 aromatic rings. The molecule has 0 spiro atoms. The Balaban J connectivity index is 2.07. The van der Waals surface area contributed by atoms with Gasteiger partial charge in [-0.1, -0.05) is 0 Å². The average Bonchev–Trinajstić information content (AvgIpc) is 2.60. The summed E-state index contributed by atoms with van der Waals surface area (Å²) in [5.74, 6) is 0.456. The number of alkyl halides is 3. The molecule has 6 nitrogen and oxygen atoms in total. The molecular weight excluding hydrogens is 353 g/mol. The van der Waals surface area contributed by atoms with Gasteiger partial charge in [0.15, 0.2) is 0 Å². The number of amides is 1. The maximum absolute atomic E-state index is 12.7. The Kier molecular flexibility index (Phi) is 5.91. The third kappa shape index (κ3) is 4.78. The fourth-order valence-corrected chi connectivity index (χ4v) is 2.22. The molecule has 140 valence electrons. The van der Waals surface area contributed by atoms with Crippen LogP contribution in [0.15, 0.2) is 41.3 Å². The van der Waals surface area contributed by atoms with Crippen molar-refractivity contribution in [3.05, 3.63) is 58.0 Å². The second-order valence-corrected chi connectivity index (χ2v) is 5.34. The lowest BCUT2D eigenvalue weighted by molar-refractivity contribution is -0.138. The summed E-state index contributed by atoms with van der Waals surface area (Å²) in [7, 11) is 2.96. The Labute approximate surface area is 147 Å². The first kappa shape index (κ1) is 19.4. The maximum atomic E-state index is 12.7. The molecular formula is C17H17F3N2O4. The number of methoxy groups -OCH3 is 2. The van der Waals surface area contributed by atoms with Crippen molar-refractivity contribution in [2.45, 2.75) is 19.3 Å². The van der Waals surface area contributed by atoms with E-state index in [1.165, 1.54) is 14.2 Å². The van der Waals surface area contributed by atoms with Gasteiger partial charge < -0.3 is 19.4 Å². The highest BCUT2D eigenvalue weighted by atomic mass is 19.4. The lowest BCUT2D eigenvalue weighted by atomic mass is 10.2. The molecule has 0 bridgehead atoms. The molecule has 26 heavy (non-hydrogen) atoms. The van der Waals surface area contributed by atoms with Gasteiger partial charge in [-0.2, -0.15) is 13.2 Å². The first-order chi connectivity index (χ1) is 12.2. The number of carbonyl (C=O) groups excluding carboxylic acids is 1. The SMILES string of the molecule is COc1ccc(CNC(=O)Cn2cc(C(F)(F)F)ccc2=O)c(OC)c1. The first-order valence-electron chi connectivity index (χ1n) is 7.50. The normalized spacial score (nSPS) is 11.1. The van der Waals surface area contributed by atoms with Gasteiger partial charge in [0.2, 0.25) is 5.91 Å². The van der Waals surface area contributed by atoms with Crippen molar-refractivity contribution in [1.82, 2.24) is 9.88 Å². The second kappa shape index (κ2) is 7.94. The zero-order valence-electron chi connectivity index (χ0n) is 14.1. The Hall–Kier alpha value is -2.97. The molecule has 1 N–H and O–H groups in total. The summed E-state index contributed by atoms with van der Waals surface area (Å²) in [6.45, 7) is -0.444. The van der Waals surface area contributed by atoms with Crippen LogP contribution in [0.4, 0.5) is 13.2 Å². The highest BCUT2D eigenvalue weighted by molar-refractivity contribution is 5.75. The van der Waals surface area contributed by atoms with Crippen LogP contribution in [0.1, 0.15) is 11.1 Å². The first-order valence-corrected chi connectivity index (χ1v) is 7.50. The van der Waals surface area contributed by atoms with Gasteiger partial charge >= 0.3 is 6.18 Å². The average molecular weight is 370 g/mol. The van der Waals surface area contributed by atoms with E-state index in [1.807, 2.05) is 0 Å². The van der Waals surface area contributed by atoms with E-state index in [2.05, 4.69) is 5.32 Å².